The second-order valence-corrected chi connectivity index (χ2v) is 5.38. The van der Waals surface area contributed by atoms with E-state index in [9.17, 15) is 19.5 Å². The Morgan fingerprint density at radius 3 is 2.04 bits per heavy atom. The van der Waals surface area contributed by atoms with Gasteiger partial charge >= 0.3 is 5.97 Å². The van der Waals surface area contributed by atoms with Crippen molar-refractivity contribution in [3.8, 4) is 0 Å². The van der Waals surface area contributed by atoms with Gasteiger partial charge in [-0.1, -0.05) is 42.5 Å². The first-order valence-corrected chi connectivity index (χ1v) is 7.41. The molecule has 6 heteroatoms. The molecule has 3 rings (SSSR count). The Labute approximate surface area is 138 Å². The van der Waals surface area contributed by atoms with Crippen molar-refractivity contribution in [3.63, 3.8) is 0 Å². The van der Waals surface area contributed by atoms with Crippen LogP contribution in [0.1, 0.15) is 26.3 Å². The minimum atomic E-state index is -1.36. The van der Waals surface area contributed by atoms with E-state index in [2.05, 4.69) is 0 Å². The Kier molecular flexibility index (Phi) is 4.39. The van der Waals surface area contributed by atoms with Gasteiger partial charge in [0.1, 0.15) is 0 Å². The highest BCUT2D eigenvalue weighted by atomic mass is 16.5. The van der Waals surface area contributed by atoms with Gasteiger partial charge in [0, 0.05) is 0 Å². The van der Waals surface area contributed by atoms with Gasteiger partial charge in [-0.25, -0.2) is 4.79 Å². The third-order valence-electron chi connectivity index (χ3n) is 3.81. The van der Waals surface area contributed by atoms with Crippen LogP contribution in [0.15, 0.2) is 54.6 Å². The molecule has 1 heterocycles. The molecule has 0 spiro atoms. The van der Waals surface area contributed by atoms with Crippen molar-refractivity contribution >= 4 is 17.8 Å². The van der Waals surface area contributed by atoms with Crippen LogP contribution < -0.4 is 0 Å². The smallest absolute Gasteiger partial charge is 0.329 e. The second-order valence-electron chi connectivity index (χ2n) is 5.38. The summed E-state index contributed by atoms with van der Waals surface area (Å²) in [6, 6.07) is 14.2. The number of carbonyl (C=O) groups is 3. The van der Waals surface area contributed by atoms with Crippen molar-refractivity contribution in [1.29, 1.82) is 0 Å². The standard InChI is InChI=1S/C18H15NO5/c20-16-13-8-4-5-9-14(13)17(21)19(16)15(18(22)23)11-24-10-12-6-2-1-3-7-12/h1-9,15H,10-11H2,(H,22,23)/t15-/m0/s1. The molecule has 0 aromatic heterocycles. The van der Waals surface area contributed by atoms with Crippen LogP contribution >= 0.6 is 0 Å². The van der Waals surface area contributed by atoms with Gasteiger partial charge in [-0.15, -0.1) is 0 Å². The zero-order chi connectivity index (χ0) is 17.1. The Morgan fingerprint density at radius 1 is 0.958 bits per heavy atom. The third kappa shape index (κ3) is 2.91. The molecule has 122 valence electrons. The predicted molar refractivity (Wildman–Crippen MR) is 84.5 cm³/mol. The summed E-state index contributed by atoms with van der Waals surface area (Å²) >= 11 is 0. The second kappa shape index (κ2) is 6.64. The molecule has 0 aliphatic carbocycles. The molecule has 1 aliphatic heterocycles. The van der Waals surface area contributed by atoms with Crippen LogP contribution in [0.5, 0.6) is 0 Å². The van der Waals surface area contributed by atoms with Gasteiger partial charge < -0.3 is 9.84 Å². The molecule has 0 saturated heterocycles. The molecule has 6 nitrogen and oxygen atoms in total. The monoisotopic (exact) mass is 325 g/mol. The van der Waals surface area contributed by atoms with Gasteiger partial charge in [0.25, 0.3) is 11.8 Å². The van der Waals surface area contributed by atoms with Gasteiger partial charge in [-0.3, -0.25) is 14.5 Å². The van der Waals surface area contributed by atoms with Crippen molar-refractivity contribution in [1.82, 2.24) is 4.90 Å². The van der Waals surface area contributed by atoms with E-state index in [1.807, 2.05) is 30.3 Å². The number of carboxylic acids is 1. The van der Waals surface area contributed by atoms with Gasteiger partial charge in [-0.2, -0.15) is 0 Å². The maximum atomic E-state index is 12.4. The molecule has 1 atom stereocenters. The summed E-state index contributed by atoms with van der Waals surface area (Å²) < 4.78 is 5.42. The lowest BCUT2D eigenvalue weighted by molar-refractivity contribution is -0.143. The molecule has 2 amide bonds. The molecule has 2 aromatic carbocycles. The van der Waals surface area contributed by atoms with Gasteiger partial charge in [0.15, 0.2) is 6.04 Å². The van der Waals surface area contributed by atoms with Crippen LogP contribution in [0, 0.1) is 0 Å². The van der Waals surface area contributed by atoms with E-state index >= 15 is 0 Å². The zero-order valence-corrected chi connectivity index (χ0v) is 12.7. The number of aliphatic carboxylic acids is 1. The highest BCUT2D eigenvalue weighted by Crippen LogP contribution is 2.24. The largest absolute Gasteiger partial charge is 0.480 e. The lowest BCUT2D eigenvalue weighted by atomic mass is 10.1. The lowest BCUT2D eigenvalue weighted by Gasteiger charge is -2.22. The molecule has 0 radical (unpaired) electrons. The number of carboxylic acid groups (broad SMARTS) is 1. The summed E-state index contributed by atoms with van der Waals surface area (Å²) in [7, 11) is 0. The Balaban J connectivity index is 1.74. The molecule has 1 N–H and O–H groups in total. The number of hydrogen-bond acceptors (Lipinski definition) is 4. The molecular formula is C18H15NO5. The van der Waals surface area contributed by atoms with Gasteiger partial charge in [-0.05, 0) is 17.7 Å². The summed E-state index contributed by atoms with van der Waals surface area (Å²) in [5, 5.41) is 9.42. The number of hydrogen-bond donors (Lipinski definition) is 1. The molecule has 0 unspecified atom stereocenters. The Hall–Kier alpha value is -2.99. The van der Waals surface area contributed by atoms with Crippen LogP contribution in [0.3, 0.4) is 0 Å². The third-order valence-corrected chi connectivity index (χ3v) is 3.81. The minimum Gasteiger partial charge on any atom is -0.480 e. The quantitative estimate of drug-likeness (QED) is 0.821. The molecular weight excluding hydrogens is 310 g/mol. The van der Waals surface area contributed by atoms with Crippen LogP contribution in [0.4, 0.5) is 0 Å². The number of benzene rings is 2. The van der Waals surface area contributed by atoms with E-state index in [4.69, 9.17) is 4.74 Å². The summed E-state index contributed by atoms with van der Waals surface area (Å²) in [5.74, 6) is -2.49. The number of fused-ring (bicyclic) bond motifs is 1. The number of amides is 2. The minimum absolute atomic E-state index is 0.202. The topological polar surface area (TPSA) is 83.9 Å². The molecule has 0 saturated carbocycles. The van der Waals surface area contributed by atoms with Crippen LogP contribution in [-0.2, 0) is 16.1 Å². The highest BCUT2D eigenvalue weighted by Gasteiger charge is 2.42. The predicted octanol–water partition coefficient (Wildman–Crippen LogP) is 1.95. The lowest BCUT2D eigenvalue weighted by Crippen LogP contribution is -2.47. The van der Waals surface area contributed by atoms with Crippen molar-refractivity contribution in [2.75, 3.05) is 6.61 Å². The molecule has 1 aliphatic rings. The van der Waals surface area contributed by atoms with E-state index in [1.54, 1.807) is 12.1 Å². The van der Waals surface area contributed by atoms with E-state index in [0.29, 0.717) is 0 Å². The van der Waals surface area contributed by atoms with Crippen LogP contribution in [0.2, 0.25) is 0 Å². The summed E-state index contributed by atoms with van der Waals surface area (Å²) in [4.78, 5) is 37.1. The van der Waals surface area contributed by atoms with Crippen LogP contribution in [0.25, 0.3) is 0 Å². The average molecular weight is 325 g/mol. The van der Waals surface area contributed by atoms with E-state index in [-0.39, 0.29) is 24.3 Å². The number of rotatable bonds is 6. The van der Waals surface area contributed by atoms with E-state index < -0.39 is 23.8 Å². The molecule has 0 bridgehead atoms. The summed E-state index contributed by atoms with van der Waals surface area (Å²) in [6.45, 7) is -0.0660. The molecule has 2 aromatic rings. The SMILES string of the molecule is O=C(O)[C@H](COCc1ccccc1)N1C(=O)c2ccccc2C1=O. The maximum absolute atomic E-state index is 12.4. The fraction of sp³-hybridized carbons (Fsp3) is 0.167. The number of nitrogens with zero attached hydrogens (tertiary/aromatic N) is 1. The molecule has 0 fully saturated rings. The van der Waals surface area contributed by atoms with Crippen molar-refractivity contribution in [3.05, 3.63) is 71.3 Å². The van der Waals surface area contributed by atoms with E-state index in [0.717, 1.165) is 10.5 Å². The first kappa shape index (κ1) is 15.9. The van der Waals surface area contributed by atoms with Crippen molar-refractivity contribution < 1.29 is 24.2 Å². The van der Waals surface area contributed by atoms with Crippen molar-refractivity contribution in [2.24, 2.45) is 0 Å². The summed E-state index contributed by atoms with van der Waals surface area (Å²) in [6.07, 6.45) is 0. The highest BCUT2D eigenvalue weighted by molar-refractivity contribution is 6.22. The normalized spacial score (nSPS) is 14.6. The fourth-order valence-electron chi connectivity index (χ4n) is 2.61. The van der Waals surface area contributed by atoms with Gasteiger partial charge in [0.05, 0.1) is 24.3 Å². The average Bonchev–Trinajstić information content (AvgIpc) is 2.84. The maximum Gasteiger partial charge on any atom is 0.329 e. The zero-order valence-electron chi connectivity index (χ0n) is 12.7. The van der Waals surface area contributed by atoms with Crippen molar-refractivity contribution in [2.45, 2.75) is 12.6 Å². The fourth-order valence-corrected chi connectivity index (χ4v) is 2.61. The Bertz CT molecular complexity index is 752. The summed E-state index contributed by atoms with van der Waals surface area (Å²) in [5.41, 5.74) is 1.32. The van der Waals surface area contributed by atoms with E-state index in [1.165, 1.54) is 12.1 Å². The molecule has 24 heavy (non-hydrogen) atoms. The first-order chi connectivity index (χ1) is 11.6. The number of imide groups is 1. The Morgan fingerprint density at radius 2 is 1.50 bits per heavy atom. The number of carbonyl (C=O) groups excluding carboxylic acids is 2. The van der Waals surface area contributed by atoms with Gasteiger partial charge in [0.2, 0.25) is 0 Å². The first-order valence-electron chi connectivity index (χ1n) is 7.41. The van der Waals surface area contributed by atoms with Crippen LogP contribution in [-0.4, -0.2) is 40.4 Å². The number of ether oxygens (including phenoxy) is 1.